The summed E-state index contributed by atoms with van der Waals surface area (Å²) in [7, 11) is -1.19. The molecule has 0 heterocycles. The SMILES string of the molecule is O=S(NCc1ccccc1)c1ccccc1Br. The first-order valence-corrected chi connectivity index (χ1v) is 7.15. The minimum absolute atomic E-state index is 0.592. The Morgan fingerprint density at radius 3 is 2.35 bits per heavy atom. The van der Waals surface area contributed by atoms with Gasteiger partial charge in [-0.1, -0.05) is 42.5 Å². The summed E-state index contributed by atoms with van der Waals surface area (Å²) >= 11 is 3.39. The maximum absolute atomic E-state index is 12.0. The van der Waals surface area contributed by atoms with Crippen LogP contribution in [0.25, 0.3) is 0 Å². The lowest BCUT2D eigenvalue weighted by molar-refractivity contribution is 0.671. The van der Waals surface area contributed by atoms with Crippen LogP contribution in [0.4, 0.5) is 0 Å². The van der Waals surface area contributed by atoms with E-state index >= 15 is 0 Å². The molecule has 0 bridgehead atoms. The quantitative estimate of drug-likeness (QED) is 0.923. The molecule has 17 heavy (non-hydrogen) atoms. The Hall–Kier alpha value is -0.970. The molecule has 0 fully saturated rings. The van der Waals surface area contributed by atoms with E-state index in [4.69, 9.17) is 0 Å². The zero-order valence-corrected chi connectivity index (χ0v) is 11.5. The third kappa shape index (κ3) is 3.49. The molecule has 0 amide bonds. The van der Waals surface area contributed by atoms with Gasteiger partial charge in [0.15, 0.2) is 0 Å². The Labute approximate surface area is 112 Å². The molecule has 0 saturated heterocycles. The molecule has 0 radical (unpaired) electrons. The molecule has 0 aliphatic carbocycles. The van der Waals surface area contributed by atoms with Gasteiger partial charge in [-0.25, -0.2) is 8.93 Å². The second kappa shape index (κ2) is 6.10. The van der Waals surface area contributed by atoms with E-state index in [-0.39, 0.29) is 0 Å². The Balaban J connectivity index is 2.01. The lowest BCUT2D eigenvalue weighted by Gasteiger charge is -2.06. The van der Waals surface area contributed by atoms with Crippen molar-refractivity contribution in [3.05, 3.63) is 64.6 Å². The minimum Gasteiger partial charge on any atom is -0.237 e. The first-order valence-electron chi connectivity index (χ1n) is 5.21. The Bertz CT molecular complexity index is 516. The second-order valence-corrected chi connectivity index (χ2v) is 5.63. The smallest absolute Gasteiger partial charge is 0.126 e. The summed E-state index contributed by atoms with van der Waals surface area (Å²) in [5.74, 6) is 0. The Morgan fingerprint density at radius 2 is 1.65 bits per heavy atom. The van der Waals surface area contributed by atoms with Crippen molar-refractivity contribution in [2.45, 2.75) is 11.4 Å². The van der Waals surface area contributed by atoms with Gasteiger partial charge in [-0.15, -0.1) is 0 Å². The van der Waals surface area contributed by atoms with Crippen molar-refractivity contribution in [3.63, 3.8) is 0 Å². The van der Waals surface area contributed by atoms with Gasteiger partial charge in [0.05, 0.1) is 4.90 Å². The van der Waals surface area contributed by atoms with Gasteiger partial charge in [0.25, 0.3) is 0 Å². The zero-order chi connectivity index (χ0) is 12.1. The summed E-state index contributed by atoms with van der Waals surface area (Å²) in [6.07, 6.45) is 0. The molecular formula is C13H12BrNOS. The molecule has 2 rings (SSSR count). The second-order valence-electron chi connectivity index (χ2n) is 3.51. The maximum atomic E-state index is 12.0. The molecular weight excluding hydrogens is 298 g/mol. The monoisotopic (exact) mass is 309 g/mol. The number of halogens is 1. The van der Waals surface area contributed by atoms with Crippen molar-refractivity contribution in [2.75, 3.05) is 0 Å². The number of rotatable bonds is 4. The van der Waals surface area contributed by atoms with E-state index in [1.165, 1.54) is 0 Å². The molecule has 0 aliphatic heterocycles. The summed E-state index contributed by atoms with van der Waals surface area (Å²) in [4.78, 5) is 0.767. The number of benzene rings is 2. The van der Waals surface area contributed by atoms with Gasteiger partial charge >= 0.3 is 0 Å². The van der Waals surface area contributed by atoms with Gasteiger partial charge in [0.2, 0.25) is 0 Å². The first kappa shape index (κ1) is 12.5. The summed E-state index contributed by atoms with van der Waals surface area (Å²) in [5, 5.41) is 0. The lowest BCUT2D eigenvalue weighted by Crippen LogP contribution is -2.17. The summed E-state index contributed by atoms with van der Waals surface area (Å²) < 4.78 is 15.9. The highest BCUT2D eigenvalue weighted by atomic mass is 79.9. The Morgan fingerprint density at radius 1 is 1.00 bits per heavy atom. The summed E-state index contributed by atoms with van der Waals surface area (Å²) in [5.41, 5.74) is 1.12. The number of hydrogen-bond acceptors (Lipinski definition) is 1. The highest BCUT2D eigenvalue weighted by Crippen LogP contribution is 2.18. The standard InChI is InChI=1S/C13H12BrNOS/c14-12-8-4-5-9-13(12)17(16)15-10-11-6-2-1-3-7-11/h1-9,15H,10H2. The summed E-state index contributed by atoms with van der Waals surface area (Å²) in [6, 6.07) is 17.4. The molecule has 4 heteroatoms. The predicted molar refractivity (Wildman–Crippen MR) is 73.8 cm³/mol. The number of hydrogen-bond donors (Lipinski definition) is 1. The fourth-order valence-corrected chi connectivity index (χ4v) is 3.04. The van der Waals surface area contributed by atoms with Gasteiger partial charge in [-0.2, -0.15) is 0 Å². The fraction of sp³-hybridized carbons (Fsp3) is 0.0769. The van der Waals surface area contributed by atoms with E-state index in [1.807, 2.05) is 54.6 Å². The fourth-order valence-electron chi connectivity index (χ4n) is 1.42. The lowest BCUT2D eigenvalue weighted by atomic mass is 10.2. The van der Waals surface area contributed by atoms with Crippen LogP contribution in [-0.2, 0) is 17.5 Å². The van der Waals surface area contributed by atoms with Crippen LogP contribution in [0.15, 0.2) is 64.0 Å². The molecule has 2 aromatic carbocycles. The van der Waals surface area contributed by atoms with Crippen LogP contribution in [0.1, 0.15) is 5.56 Å². The van der Waals surface area contributed by atoms with Crippen molar-refractivity contribution >= 4 is 26.9 Å². The highest BCUT2D eigenvalue weighted by Gasteiger charge is 2.06. The molecule has 88 valence electrons. The third-order valence-corrected chi connectivity index (χ3v) is 4.40. The number of nitrogens with one attached hydrogen (secondary N) is 1. The topological polar surface area (TPSA) is 29.1 Å². The minimum atomic E-state index is -1.19. The third-order valence-electron chi connectivity index (χ3n) is 2.29. The van der Waals surface area contributed by atoms with Gasteiger partial charge in [-0.3, -0.25) is 0 Å². The molecule has 0 saturated carbocycles. The van der Waals surface area contributed by atoms with Gasteiger partial charge in [0, 0.05) is 11.0 Å². The molecule has 0 aromatic heterocycles. The van der Waals surface area contributed by atoms with Crippen molar-refractivity contribution in [3.8, 4) is 0 Å². The van der Waals surface area contributed by atoms with Crippen LogP contribution in [0, 0.1) is 0 Å². The van der Waals surface area contributed by atoms with Crippen molar-refractivity contribution in [2.24, 2.45) is 0 Å². The normalized spacial score (nSPS) is 12.3. The zero-order valence-electron chi connectivity index (χ0n) is 9.10. The molecule has 0 aliphatic rings. The predicted octanol–water partition coefficient (Wildman–Crippen LogP) is 3.26. The largest absolute Gasteiger partial charge is 0.237 e. The van der Waals surface area contributed by atoms with E-state index < -0.39 is 11.0 Å². The van der Waals surface area contributed by atoms with Crippen molar-refractivity contribution < 1.29 is 4.21 Å². The van der Waals surface area contributed by atoms with Crippen LogP contribution >= 0.6 is 15.9 Å². The van der Waals surface area contributed by atoms with Gasteiger partial charge in [0.1, 0.15) is 11.0 Å². The molecule has 0 spiro atoms. The highest BCUT2D eigenvalue weighted by molar-refractivity contribution is 9.10. The average Bonchev–Trinajstić information content (AvgIpc) is 2.38. The van der Waals surface area contributed by atoms with Crippen LogP contribution in [0.5, 0.6) is 0 Å². The Kier molecular flexibility index (Phi) is 4.48. The van der Waals surface area contributed by atoms with Crippen molar-refractivity contribution in [1.29, 1.82) is 0 Å². The van der Waals surface area contributed by atoms with E-state index in [0.29, 0.717) is 6.54 Å². The summed E-state index contributed by atoms with van der Waals surface area (Å²) in [6.45, 7) is 0.592. The van der Waals surface area contributed by atoms with Gasteiger partial charge < -0.3 is 0 Å². The van der Waals surface area contributed by atoms with Crippen LogP contribution < -0.4 is 4.72 Å². The maximum Gasteiger partial charge on any atom is 0.126 e. The van der Waals surface area contributed by atoms with E-state index in [2.05, 4.69) is 20.7 Å². The first-order chi connectivity index (χ1) is 8.27. The van der Waals surface area contributed by atoms with Crippen molar-refractivity contribution in [1.82, 2.24) is 4.72 Å². The molecule has 1 atom stereocenters. The van der Waals surface area contributed by atoms with Gasteiger partial charge in [-0.05, 0) is 33.6 Å². The van der Waals surface area contributed by atoms with E-state index in [1.54, 1.807) is 0 Å². The van der Waals surface area contributed by atoms with E-state index in [9.17, 15) is 4.21 Å². The average molecular weight is 310 g/mol. The van der Waals surface area contributed by atoms with Crippen LogP contribution in [0.2, 0.25) is 0 Å². The van der Waals surface area contributed by atoms with Crippen LogP contribution in [-0.4, -0.2) is 4.21 Å². The van der Waals surface area contributed by atoms with Crippen LogP contribution in [0.3, 0.4) is 0 Å². The molecule has 2 nitrogen and oxygen atoms in total. The molecule has 1 N–H and O–H groups in total. The molecule has 2 aromatic rings. The van der Waals surface area contributed by atoms with E-state index in [0.717, 1.165) is 14.9 Å². The molecule has 1 unspecified atom stereocenters.